The fourth-order valence-corrected chi connectivity index (χ4v) is 4.72. The summed E-state index contributed by atoms with van der Waals surface area (Å²) >= 11 is 0. The first-order valence-electron chi connectivity index (χ1n) is 8.97. The third-order valence-electron chi connectivity index (χ3n) is 4.98. The molecule has 1 aromatic carbocycles. The second kappa shape index (κ2) is 7.83. The molecule has 6 nitrogen and oxygen atoms in total. The van der Waals surface area contributed by atoms with E-state index < -0.39 is 27.8 Å². The van der Waals surface area contributed by atoms with E-state index in [0.29, 0.717) is 25.3 Å². The molecular formula is C19H22F3N3O3S. The molecule has 1 N–H and O–H groups in total. The van der Waals surface area contributed by atoms with E-state index in [9.17, 15) is 21.6 Å². The van der Waals surface area contributed by atoms with Crippen molar-refractivity contribution in [2.75, 3.05) is 25.1 Å². The SMILES string of the molecule is COc1cc(C)c(C)cc1S(=O)(=O)NC1CCN(c2ccc(C(F)(F)F)cn2)C1. The number of alkyl halides is 3. The summed E-state index contributed by atoms with van der Waals surface area (Å²) < 4.78 is 71.7. The van der Waals surface area contributed by atoms with E-state index >= 15 is 0 Å². The first-order chi connectivity index (χ1) is 13.5. The highest BCUT2D eigenvalue weighted by Gasteiger charge is 2.32. The van der Waals surface area contributed by atoms with E-state index in [1.54, 1.807) is 17.0 Å². The van der Waals surface area contributed by atoms with Crippen LogP contribution >= 0.6 is 0 Å². The third-order valence-corrected chi connectivity index (χ3v) is 6.52. The molecule has 2 aromatic rings. The lowest BCUT2D eigenvalue weighted by Gasteiger charge is -2.19. The number of halogens is 3. The quantitative estimate of drug-likeness (QED) is 0.790. The van der Waals surface area contributed by atoms with E-state index in [-0.39, 0.29) is 10.6 Å². The molecule has 1 aliphatic heterocycles. The molecule has 0 saturated carbocycles. The molecular weight excluding hydrogens is 407 g/mol. The van der Waals surface area contributed by atoms with Gasteiger partial charge in [0.2, 0.25) is 10.0 Å². The van der Waals surface area contributed by atoms with Crippen molar-refractivity contribution in [3.63, 3.8) is 0 Å². The molecule has 0 bridgehead atoms. The van der Waals surface area contributed by atoms with Crippen molar-refractivity contribution in [3.05, 3.63) is 47.2 Å². The van der Waals surface area contributed by atoms with Crippen LogP contribution in [0.2, 0.25) is 0 Å². The van der Waals surface area contributed by atoms with E-state index in [1.165, 1.54) is 13.2 Å². The van der Waals surface area contributed by atoms with Crippen LogP contribution in [-0.2, 0) is 16.2 Å². The number of sulfonamides is 1. The fourth-order valence-electron chi connectivity index (χ4n) is 3.22. The Bertz CT molecular complexity index is 992. The van der Waals surface area contributed by atoms with Crippen LogP contribution in [0.4, 0.5) is 19.0 Å². The van der Waals surface area contributed by atoms with Crippen molar-refractivity contribution >= 4 is 15.8 Å². The van der Waals surface area contributed by atoms with Gasteiger partial charge in [0.15, 0.2) is 0 Å². The zero-order chi connectivity index (χ0) is 21.4. The zero-order valence-corrected chi connectivity index (χ0v) is 17.1. The van der Waals surface area contributed by atoms with Crippen LogP contribution in [0.3, 0.4) is 0 Å². The Labute approximate surface area is 167 Å². The maximum atomic E-state index is 12.9. The first-order valence-corrected chi connectivity index (χ1v) is 10.5. The molecule has 1 unspecified atom stereocenters. The van der Waals surface area contributed by atoms with Crippen molar-refractivity contribution < 1.29 is 26.3 Å². The Morgan fingerprint density at radius 2 is 1.90 bits per heavy atom. The highest BCUT2D eigenvalue weighted by molar-refractivity contribution is 7.89. The van der Waals surface area contributed by atoms with Crippen LogP contribution in [0.15, 0.2) is 35.4 Å². The summed E-state index contributed by atoms with van der Waals surface area (Å²) in [5, 5.41) is 0. The Hall–Kier alpha value is -2.33. The van der Waals surface area contributed by atoms with E-state index in [1.807, 2.05) is 13.8 Å². The van der Waals surface area contributed by atoms with E-state index in [2.05, 4.69) is 9.71 Å². The number of pyridine rings is 1. The first kappa shape index (κ1) is 21.4. The molecule has 1 saturated heterocycles. The molecule has 0 radical (unpaired) electrons. The van der Waals surface area contributed by atoms with Gasteiger partial charge in [-0.2, -0.15) is 13.2 Å². The number of aryl methyl sites for hydroxylation is 2. The van der Waals surface area contributed by atoms with Crippen molar-refractivity contribution in [2.45, 2.75) is 37.4 Å². The Kier molecular flexibility index (Phi) is 5.77. The third kappa shape index (κ3) is 4.64. The maximum Gasteiger partial charge on any atom is 0.417 e. The predicted molar refractivity (Wildman–Crippen MR) is 103 cm³/mol. The van der Waals surface area contributed by atoms with Gasteiger partial charge in [-0.3, -0.25) is 0 Å². The minimum absolute atomic E-state index is 0.0641. The Balaban J connectivity index is 1.73. The zero-order valence-electron chi connectivity index (χ0n) is 16.2. The number of hydrogen-bond donors (Lipinski definition) is 1. The lowest BCUT2D eigenvalue weighted by atomic mass is 10.1. The second-order valence-electron chi connectivity index (χ2n) is 7.04. The standard InChI is InChI=1S/C19H22F3N3O3S/c1-12-8-16(28-3)17(9-13(12)2)29(26,27)24-15-6-7-25(11-15)18-5-4-14(10-23-18)19(20,21)22/h4-5,8-10,15,24H,6-7,11H2,1-3H3. The number of aromatic nitrogens is 1. The van der Waals surface area contributed by atoms with E-state index in [4.69, 9.17) is 4.74 Å². The van der Waals surface area contributed by atoms with Gasteiger partial charge in [0.05, 0.1) is 12.7 Å². The van der Waals surface area contributed by atoms with Gasteiger partial charge in [-0.25, -0.2) is 18.1 Å². The monoisotopic (exact) mass is 429 g/mol. The van der Waals surface area contributed by atoms with Crippen LogP contribution in [0.5, 0.6) is 5.75 Å². The van der Waals surface area contributed by atoms with E-state index in [0.717, 1.165) is 23.4 Å². The van der Waals surface area contributed by atoms with Gasteiger partial charge < -0.3 is 9.64 Å². The van der Waals surface area contributed by atoms with Gasteiger partial charge in [0.1, 0.15) is 16.5 Å². The smallest absolute Gasteiger partial charge is 0.417 e. The number of methoxy groups -OCH3 is 1. The van der Waals surface area contributed by atoms with Gasteiger partial charge in [-0.05, 0) is 55.7 Å². The Morgan fingerprint density at radius 3 is 2.48 bits per heavy atom. The minimum Gasteiger partial charge on any atom is -0.495 e. The number of ether oxygens (including phenoxy) is 1. The summed E-state index contributed by atoms with van der Waals surface area (Å²) in [6, 6.07) is 5.12. The van der Waals surface area contributed by atoms with Crippen LogP contribution in [0.1, 0.15) is 23.1 Å². The number of benzene rings is 1. The summed E-state index contributed by atoms with van der Waals surface area (Å²) in [6.45, 7) is 4.48. The van der Waals surface area contributed by atoms with Crippen molar-refractivity contribution in [3.8, 4) is 5.75 Å². The summed E-state index contributed by atoms with van der Waals surface area (Å²) in [6.07, 6.45) is -3.15. The summed E-state index contributed by atoms with van der Waals surface area (Å²) in [7, 11) is -2.41. The normalized spacial score (nSPS) is 17.6. The van der Waals surface area contributed by atoms with Gasteiger partial charge in [-0.1, -0.05) is 0 Å². The average molecular weight is 429 g/mol. The summed E-state index contributed by atoms with van der Waals surface area (Å²) in [5.41, 5.74) is 0.925. The molecule has 1 aromatic heterocycles. The number of hydrogen-bond acceptors (Lipinski definition) is 5. The second-order valence-corrected chi connectivity index (χ2v) is 8.73. The molecule has 1 atom stereocenters. The highest BCUT2D eigenvalue weighted by atomic mass is 32.2. The van der Waals surface area contributed by atoms with Gasteiger partial charge in [-0.15, -0.1) is 0 Å². The van der Waals surface area contributed by atoms with Gasteiger partial charge in [0.25, 0.3) is 0 Å². The van der Waals surface area contributed by atoms with Crippen molar-refractivity contribution in [1.82, 2.24) is 9.71 Å². The molecule has 1 aliphatic rings. The molecule has 3 rings (SSSR count). The molecule has 10 heteroatoms. The minimum atomic E-state index is -4.44. The number of nitrogens with zero attached hydrogens (tertiary/aromatic N) is 2. The molecule has 158 valence electrons. The molecule has 1 fully saturated rings. The topological polar surface area (TPSA) is 71.5 Å². The lowest BCUT2D eigenvalue weighted by molar-refractivity contribution is -0.137. The molecule has 0 amide bonds. The van der Waals surface area contributed by atoms with Crippen LogP contribution in [0.25, 0.3) is 0 Å². The van der Waals surface area contributed by atoms with Gasteiger partial charge >= 0.3 is 6.18 Å². The number of rotatable bonds is 5. The maximum absolute atomic E-state index is 12.9. The van der Waals surface area contributed by atoms with Crippen molar-refractivity contribution in [2.24, 2.45) is 0 Å². The summed E-state index contributed by atoms with van der Waals surface area (Å²) in [4.78, 5) is 5.69. The Morgan fingerprint density at radius 1 is 1.21 bits per heavy atom. The average Bonchev–Trinajstić information content (AvgIpc) is 3.10. The summed E-state index contributed by atoms with van der Waals surface area (Å²) in [5.74, 6) is 0.642. The van der Waals surface area contributed by atoms with Crippen LogP contribution in [-0.4, -0.2) is 39.6 Å². The molecule has 29 heavy (non-hydrogen) atoms. The lowest BCUT2D eigenvalue weighted by Crippen LogP contribution is -2.37. The predicted octanol–water partition coefficient (Wildman–Crippen LogP) is 3.28. The highest BCUT2D eigenvalue weighted by Crippen LogP contribution is 2.31. The molecule has 0 spiro atoms. The largest absolute Gasteiger partial charge is 0.495 e. The number of anilines is 1. The van der Waals surface area contributed by atoms with Crippen LogP contribution in [0, 0.1) is 13.8 Å². The van der Waals surface area contributed by atoms with Crippen LogP contribution < -0.4 is 14.4 Å². The molecule has 2 heterocycles. The molecule has 0 aliphatic carbocycles. The fraction of sp³-hybridized carbons (Fsp3) is 0.421. The van der Waals surface area contributed by atoms with Crippen molar-refractivity contribution in [1.29, 1.82) is 0 Å². The van der Waals surface area contributed by atoms with Gasteiger partial charge in [0, 0.05) is 25.3 Å². The number of nitrogens with one attached hydrogen (secondary N) is 1.